The van der Waals surface area contributed by atoms with Crippen molar-refractivity contribution < 1.29 is 9.90 Å². The number of rotatable bonds is 4. The summed E-state index contributed by atoms with van der Waals surface area (Å²) in [7, 11) is 0. The van der Waals surface area contributed by atoms with Gasteiger partial charge in [0.15, 0.2) is 0 Å². The number of benzene rings is 1. The summed E-state index contributed by atoms with van der Waals surface area (Å²) in [6, 6.07) is 12.4. The summed E-state index contributed by atoms with van der Waals surface area (Å²) >= 11 is 5.18. The highest BCUT2D eigenvalue weighted by atomic mass is 32.1. The van der Waals surface area contributed by atoms with Crippen molar-refractivity contribution in [2.75, 3.05) is 5.32 Å². The molecular formula is C17H15N3O2S. The lowest BCUT2D eigenvalue weighted by molar-refractivity contribution is -0.112. The molecule has 1 heterocycles. The van der Waals surface area contributed by atoms with Gasteiger partial charge in [-0.25, -0.2) is 4.99 Å². The summed E-state index contributed by atoms with van der Waals surface area (Å²) < 4.78 is 0. The van der Waals surface area contributed by atoms with Crippen molar-refractivity contribution in [3.8, 4) is 0 Å². The average Bonchev–Trinajstić information content (AvgIpc) is 2.56. The zero-order chi connectivity index (χ0) is 16.7. The fourth-order valence-electron chi connectivity index (χ4n) is 1.73. The Morgan fingerprint density at radius 2 is 1.87 bits per heavy atom. The van der Waals surface area contributed by atoms with E-state index in [0.29, 0.717) is 16.2 Å². The van der Waals surface area contributed by atoms with Crippen LogP contribution < -0.4 is 5.32 Å². The Kier molecular flexibility index (Phi) is 5.71. The van der Waals surface area contributed by atoms with E-state index in [-0.39, 0.29) is 11.3 Å². The molecule has 0 aliphatic carbocycles. The fourth-order valence-corrected chi connectivity index (χ4v) is 1.92. The van der Waals surface area contributed by atoms with Crippen LogP contribution in [-0.4, -0.2) is 27.2 Å². The van der Waals surface area contributed by atoms with Gasteiger partial charge in [-0.15, -0.1) is 0 Å². The minimum absolute atomic E-state index is 0.0465. The second kappa shape index (κ2) is 7.95. The SMILES string of the molecule is C/C(O)=C(\C=NC(=S)c1ccncc1)C(=O)Nc1ccccc1. The summed E-state index contributed by atoms with van der Waals surface area (Å²) in [6.45, 7) is 1.42. The lowest BCUT2D eigenvalue weighted by atomic mass is 10.2. The maximum atomic E-state index is 12.2. The van der Waals surface area contributed by atoms with Crippen LogP contribution in [0.2, 0.25) is 0 Å². The molecular weight excluding hydrogens is 310 g/mol. The summed E-state index contributed by atoms with van der Waals surface area (Å²) in [5.41, 5.74) is 1.39. The van der Waals surface area contributed by atoms with Crippen molar-refractivity contribution in [1.29, 1.82) is 0 Å². The van der Waals surface area contributed by atoms with Crippen LogP contribution in [0.1, 0.15) is 12.5 Å². The summed E-state index contributed by atoms with van der Waals surface area (Å²) in [6.07, 6.45) is 4.47. The van der Waals surface area contributed by atoms with Gasteiger partial charge in [-0.3, -0.25) is 9.78 Å². The Bertz CT molecular complexity index is 752. The lowest BCUT2D eigenvalue weighted by Crippen LogP contribution is -2.17. The zero-order valence-corrected chi connectivity index (χ0v) is 13.2. The Morgan fingerprint density at radius 1 is 1.22 bits per heavy atom. The second-order valence-corrected chi connectivity index (χ2v) is 5.01. The molecule has 2 rings (SSSR count). The van der Waals surface area contributed by atoms with E-state index >= 15 is 0 Å². The van der Waals surface area contributed by atoms with Crippen LogP contribution in [0.15, 0.2) is 71.2 Å². The molecule has 0 bridgehead atoms. The number of nitrogens with one attached hydrogen (secondary N) is 1. The number of para-hydroxylation sites is 1. The van der Waals surface area contributed by atoms with Gasteiger partial charge in [-0.1, -0.05) is 30.4 Å². The summed E-state index contributed by atoms with van der Waals surface area (Å²) in [5.74, 6) is -0.600. The number of nitrogens with zero attached hydrogens (tertiary/aromatic N) is 2. The van der Waals surface area contributed by atoms with E-state index in [1.165, 1.54) is 13.1 Å². The predicted octanol–water partition coefficient (Wildman–Crippen LogP) is 3.30. The number of allylic oxidation sites excluding steroid dienone is 1. The van der Waals surface area contributed by atoms with Crippen molar-refractivity contribution in [2.24, 2.45) is 4.99 Å². The van der Waals surface area contributed by atoms with Crippen LogP contribution in [0.3, 0.4) is 0 Å². The monoisotopic (exact) mass is 325 g/mol. The van der Waals surface area contributed by atoms with Gasteiger partial charge >= 0.3 is 0 Å². The maximum Gasteiger partial charge on any atom is 0.260 e. The third-order valence-electron chi connectivity index (χ3n) is 2.90. The number of aliphatic imine (C=N–C) groups is 1. The van der Waals surface area contributed by atoms with Gasteiger partial charge in [0.2, 0.25) is 0 Å². The van der Waals surface area contributed by atoms with Gasteiger partial charge in [0.25, 0.3) is 5.91 Å². The second-order valence-electron chi connectivity index (χ2n) is 4.62. The van der Waals surface area contributed by atoms with Crippen molar-refractivity contribution in [3.05, 3.63) is 71.8 Å². The Balaban J connectivity index is 2.13. The number of carbonyl (C=O) groups is 1. The Hall–Kier alpha value is -2.86. The maximum absolute atomic E-state index is 12.2. The van der Waals surface area contributed by atoms with Crippen LogP contribution >= 0.6 is 12.2 Å². The molecule has 0 unspecified atom stereocenters. The molecule has 2 aromatic rings. The number of aliphatic hydroxyl groups excluding tert-OH is 1. The van der Waals surface area contributed by atoms with Crippen LogP contribution in [0.25, 0.3) is 0 Å². The molecule has 1 aromatic carbocycles. The molecule has 1 aromatic heterocycles. The minimum Gasteiger partial charge on any atom is -0.512 e. The van der Waals surface area contributed by atoms with Crippen LogP contribution in [0.5, 0.6) is 0 Å². The molecule has 0 radical (unpaired) electrons. The average molecular weight is 325 g/mol. The first-order valence-electron chi connectivity index (χ1n) is 6.82. The number of amides is 1. The molecule has 0 aliphatic heterocycles. The van der Waals surface area contributed by atoms with E-state index in [4.69, 9.17) is 12.2 Å². The molecule has 2 N–H and O–H groups in total. The third kappa shape index (κ3) is 4.82. The molecule has 5 nitrogen and oxygen atoms in total. The van der Waals surface area contributed by atoms with Crippen molar-refractivity contribution >= 4 is 35.0 Å². The predicted molar refractivity (Wildman–Crippen MR) is 94.8 cm³/mol. The van der Waals surface area contributed by atoms with Crippen LogP contribution in [0, 0.1) is 0 Å². The van der Waals surface area contributed by atoms with E-state index in [0.717, 1.165) is 0 Å². The minimum atomic E-state index is -0.461. The topological polar surface area (TPSA) is 74.6 Å². The van der Waals surface area contributed by atoms with Crippen molar-refractivity contribution in [2.45, 2.75) is 6.92 Å². The van der Waals surface area contributed by atoms with Crippen molar-refractivity contribution in [1.82, 2.24) is 4.98 Å². The van der Waals surface area contributed by atoms with E-state index in [1.54, 1.807) is 48.8 Å². The number of pyridine rings is 1. The Labute approximate surface area is 139 Å². The molecule has 0 atom stereocenters. The number of aromatic nitrogens is 1. The first-order chi connectivity index (χ1) is 11.1. The van der Waals surface area contributed by atoms with Gasteiger partial charge in [0, 0.05) is 29.9 Å². The molecule has 0 saturated heterocycles. The Morgan fingerprint density at radius 3 is 2.48 bits per heavy atom. The number of thiocarbonyl (C=S) groups is 1. The van der Waals surface area contributed by atoms with Gasteiger partial charge in [0.05, 0.1) is 5.57 Å². The quantitative estimate of drug-likeness (QED) is 0.391. The van der Waals surface area contributed by atoms with E-state index < -0.39 is 5.91 Å². The number of anilines is 1. The van der Waals surface area contributed by atoms with Crippen LogP contribution in [0.4, 0.5) is 5.69 Å². The molecule has 0 aliphatic rings. The van der Waals surface area contributed by atoms with E-state index in [9.17, 15) is 9.90 Å². The first-order valence-corrected chi connectivity index (χ1v) is 7.23. The highest BCUT2D eigenvalue weighted by molar-refractivity contribution is 7.80. The molecule has 116 valence electrons. The van der Waals surface area contributed by atoms with Crippen molar-refractivity contribution in [3.63, 3.8) is 0 Å². The van der Waals surface area contributed by atoms with Gasteiger partial charge in [-0.2, -0.15) is 0 Å². The van der Waals surface area contributed by atoms with E-state index in [1.807, 2.05) is 6.07 Å². The molecule has 0 spiro atoms. The fraction of sp³-hybridized carbons (Fsp3) is 0.0588. The molecule has 1 amide bonds. The van der Waals surface area contributed by atoms with Gasteiger partial charge in [0.1, 0.15) is 10.7 Å². The van der Waals surface area contributed by atoms with E-state index in [2.05, 4.69) is 15.3 Å². The highest BCUT2D eigenvalue weighted by Gasteiger charge is 2.11. The molecule has 6 heteroatoms. The largest absolute Gasteiger partial charge is 0.512 e. The first kappa shape index (κ1) is 16.5. The number of hydrogen-bond acceptors (Lipinski definition) is 4. The zero-order valence-electron chi connectivity index (χ0n) is 12.4. The number of hydrogen-bond donors (Lipinski definition) is 2. The summed E-state index contributed by atoms with van der Waals surface area (Å²) in [4.78, 5) is 20.5. The summed E-state index contributed by atoms with van der Waals surface area (Å²) in [5, 5.41) is 12.4. The van der Waals surface area contributed by atoms with Gasteiger partial charge < -0.3 is 10.4 Å². The van der Waals surface area contributed by atoms with Crippen LogP contribution in [-0.2, 0) is 4.79 Å². The lowest BCUT2D eigenvalue weighted by Gasteiger charge is -2.06. The third-order valence-corrected chi connectivity index (χ3v) is 3.25. The normalized spacial score (nSPS) is 11.9. The van der Waals surface area contributed by atoms with Gasteiger partial charge in [-0.05, 0) is 31.2 Å². The highest BCUT2D eigenvalue weighted by Crippen LogP contribution is 2.09. The number of carbonyl (C=O) groups excluding carboxylic acids is 1. The number of aliphatic hydroxyl groups is 1. The molecule has 23 heavy (non-hydrogen) atoms. The smallest absolute Gasteiger partial charge is 0.260 e. The standard InChI is InChI=1S/C17H15N3O2S/c1-12(21)15(16(22)20-14-5-3-2-4-6-14)11-19-17(23)13-7-9-18-10-8-13/h2-11,21H,1H3,(H,20,22)/b15-12-,19-11?. The molecule has 0 fully saturated rings. The molecule has 0 saturated carbocycles.